The molecule has 4 aromatic carbocycles. The predicted octanol–water partition coefficient (Wildman–Crippen LogP) is 12.2. The van der Waals surface area contributed by atoms with Crippen LogP contribution in [0.3, 0.4) is 0 Å². The molecule has 0 aliphatic heterocycles. The minimum absolute atomic E-state index is 0.0436. The second-order valence-corrected chi connectivity index (χ2v) is 17.2. The van der Waals surface area contributed by atoms with Gasteiger partial charge in [-0.3, -0.25) is 9.59 Å². The number of anilines is 2. The van der Waals surface area contributed by atoms with Gasteiger partial charge in [0.1, 0.15) is 24.7 Å². The molecule has 0 spiro atoms. The molecule has 2 aliphatic rings. The third kappa shape index (κ3) is 13.1. The van der Waals surface area contributed by atoms with Gasteiger partial charge in [0.25, 0.3) is 0 Å². The number of benzene rings is 4. The van der Waals surface area contributed by atoms with E-state index < -0.39 is 11.9 Å². The zero-order chi connectivity index (χ0) is 38.1. The molecule has 0 aromatic heterocycles. The maximum Gasteiger partial charge on any atom is 0.307 e. The summed E-state index contributed by atoms with van der Waals surface area (Å²) in [5, 5.41) is 25.9. The molecule has 0 saturated heterocycles. The van der Waals surface area contributed by atoms with E-state index in [2.05, 4.69) is 74.4 Å². The van der Waals surface area contributed by atoms with Gasteiger partial charge in [0.05, 0.1) is 45.7 Å². The molecule has 4 aromatic rings. The first-order valence-electron chi connectivity index (χ1n) is 17.1. The van der Waals surface area contributed by atoms with Crippen molar-refractivity contribution in [2.75, 3.05) is 23.7 Å². The van der Waals surface area contributed by atoms with Crippen LogP contribution in [-0.2, 0) is 35.6 Å². The van der Waals surface area contributed by atoms with Crippen molar-refractivity contribution in [3.8, 4) is 11.5 Å². The normalized spacial score (nSPS) is 13.5. The van der Waals surface area contributed by atoms with Crippen molar-refractivity contribution in [1.29, 1.82) is 0 Å². The van der Waals surface area contributed by atoms with Crippen molar-refractivity contribution < 1.29 is 29.3 Å². The Morgan fingerprint density at radius 3 is 1.45 bits per heavy atom. The highest BCUT2D eigenvalue weighted by molar-refractivity contribution is 9.11. The lowest BCUT2D eigenvalue weighted by atomic mass is 10.1. The third-order valence-corrected chi connectivity index (χ3v) is 11.8. The van der Waals surface area contributed by atoms with Gasteiger partial charge in [-0.1, -0.05) is 47.5 Å². The van der Waals surface area contributed by atoms with Crippen molar-refractivity contribution in [1.82, 2.24) is 0 Å². The molecule has 2 fully saturated rings. The first-order chi connectivity index (χ1) is 25.4. The van der Waals surface area contributed by atoms with E-state index in [0.29, 0.717) is 55.7 Å². The summed E-state index contributed by atoms with van der Waals surface area (Å²) in [5.41, 5.74) is 5.27. The molecular formula is C39H38Br4Cl2N2O6. The van der Waals surface area contributed by atoms with Gasteiger partial charge in [-0.05, 0) is 155 Å². The highest BCUT2D eigenvalue weighted by Crippen LogP contribution is 2.39. The van der Waals surface area contributed by atoms with Crippen LogP contribution in [0.2, 0.25) is 10.0 Å². The molecule has 4 N–H and O–H groups in total. The summed E-state index contributed by atoms with van der Waals surface area (Å²) in [7, 11) is 0. The fourth-order valence-corrected chi connectivity index (χ4v) is 8.80. The van der Waals surface area contributed by atoms with Crippen LogP contribution in [0.15, 0.2) is 78.6 Å². The van der Waals surface area contributed by atoms with Gasteiger partial charge in [0.2, 0.25) is 0 Å². The molecule has 53 heavy (non-hydrogen) atoms. The van der Waals surface area contributed by atoms with Crippen LogP contribution in [0, 0.1) is 11.8 Å². The van der Waals surface area contributed by atoms with Crippen LogP contribution >= 0.6 is 86.9 Å². The van der Waals surface area contributed by atoms with E-state index in [0.717, 1.165) is 61.9 Å². The highest BCUT2D eigenvalue weighted by atomic mass is 79.9. The van der Waals surface area contributed by atoms with Crippen LogP contribution in [0.1, 0.15) is 54.4 Å². The van der Waals surface area contributed by atoms with Gasteiger partial charge in [0.15, 0.2) is 0 Å². The second kappa shape index (κ2) is 19.9. The van der Waals surface area contributed by atoms with E-state index in [-0.39, 0.29) is 12.8 Å². The number of nitrogens with one attached hydrogen (secondary N) is 2. The summed E-state index contributed by atoms with van der Waals surface area (Å²) in [5.74, 6) is 1.13. The van der Waals surface area contributed by atoms with Crippen LogP contribution in [0.5, 0.6) is 11.5 Å². The van der Waals surface area contributed by atoms with E-state index in [4.69, 9.17) is 42.9 Å². The Balaban J connectivity index is 0.000000204. The lowest BCUT2D eigenvalue weighted by Gasteiger charge is -2.15. The predicted molar refractivity (Wildman–Crippen MR) is 225 cm³/mol. The molecular weight excluding hydrogens is 983 g/mol. The number of carboxylic acid groups (broad SMARTS) is 2. The zero-order valence-electron chi connectivity index (χ0n) is 28.5. The molecule has 0 heterocycles. The van der Waals surface area contributed by atoms with Crippen LogP contribution in [0.25, 0.3) is 0 Å². The Morgan fingerprint density at radius 1 is 0.660 bits per heavy atom. The number of aliphatic carboxylic acids is 2. The Bertz CT molecular complexity index is 1890. The average Bonchev–Trinajstić information content (AvgIpc) is 4.03. The topological polar surface area (TPSA) is 117 Å². The van der Waals surface area contributed by atoms with Crippen molar-refractivity contribution in [2.24, 2.45) is 11.8 Å². The molecule has 8 nitrogen and oxygen atoms in total. The van der Waals surface area contributed by atoms with Crippen molar-refractivity contribution in [3.05, 3.63) is 111 Å². The zero-order valence-corrected chi connectivity index (χ0v) is 36.4. The van der Waals surface area contributed by atoms with E-state index in [1.807, 2.05) is 48.5 Å². The summed E-state index contributed by atoms with van der Waals surface area (Å²) in [6.07, 6.45) is 5.66. The highest BCUT2D eigenvalue weighted by Gasteiger charge is 2.22. The molecule has 0 bridgehead atoms. The van der Waals surface area contributed by atoms with Crippen molar-refractivity contribution in [2.45, 2.75) is 58.2 Å². The van der Waals surface area contributed by atoms with Crippen molar-refractivity contribution in [3.63, 3.8) is 0 Å². The van der Waals surface area contributed by atoms with E-state index in [1.54, 1.807) is 12.1 Å². The lowest BCUT2D eigenvalue weighted by Crippen LogP contribution is -2.06. The minimum atomic E-state index is -0.875. The molecule has 282 valence electrons. The summed E-state index contributed by atoms with van der Waals surface area (Å²) >= 11 is 27.0. The average molecular weight is 1020 g/mol. The fourth-order valence-electron chi connectivity index (χ4n) is 5.28. The molecule has 6 rings (SSSR count). The maximum absolute atomic E-state index is 10.9. The van der Waals surface area contributed by atoms with E-state index >= 15 is 0 Å². The van der Waals surface area contributed by atoms with Gasteiger partial charge in [-0.2, -0.15) is 0 Å². The largest absolute Gasteiger partial charge is 0.486 e. The number of hydrogen-bond acceptors (Lipinski definition) is 6. The number of carbonyl (C=O) groups is 2. The summed E-state index contributed by atoms with van der Waals surface area (Å²) in [6.45, 7) is 2.56. The van der Waals surface area contributed by atoms with Gasteiger partial charge in [0, 0.05) is 30.6 Å². The van der Waals surface area contributed by atoms with Gasteiger partial charge < -0.3 is 30.3 Å². The first-order valence-corrected chi connectivity index (χ1v) is 21.0. The van der Waals surface area contributed by atoms with Crippen LogP contribution in [-0.4, -0.2) is 35.2 Å². The summed E-state index contributed by atoms with van der Waals surface area (Å²) < 4.78 is 14.9. The van der Waals surface area contributed by atoms with E-state index in [9.17, 15) is 9.59 Å². The molecule has 2 aliphatic carbocycles. The van der Waals surface area contributed by atoms with Gasteiger partial charge in [-0.15, -0.1) is 0 Å². The number of rotatable bonds is 17. The quantitative estimate of drug-likeness (QED) is 0.0826. The third-order valence-electron chi connectivity index (χ3n) is 8.56. The lowest BCUT2D eigenvalue weighted by molar-refractivity contribution is -0.137. The smallest absolute Gasteiger partial charge is 0.307 e. The van der Waals surface area contributed by atoms with Crippen LogP contribution < -0.4 is 20.1 Å². The Kier molecular flexibility index (Phi) is 15.7. The van der Waals surface area contributed by atoms with Gasteiger partial charge in [-0.25, -0.2) is 0 Å². The molecule has 0 unspecified atom stereocenters. The van der Waals surface area contributed by atoms with Gasteiger partial charge >= 0.3 is 11.9 Å². The molecule has 2 saturated carbocycles. The standard InChI is InChI=1S/C20H20Br2ClNO3.C19H18Br2ClNO3/c21-15-8-13(6-7-18(25)26)9-16(22)20(15)27-11-14-2-1-3-17(19(14)23)24-10-12-4-5-12;20-14-6-12(8-17(24)25)7-15(21)19(14)26-10-13-2-1-3-16(18(13)22)23-9-11-4-5-11/h1-3,8-9,12,24H,4-7,10-11H2,(H,25,26);1-3,6-7,11,23H,4-5,8-10H2,(H,24,25). The number of aryl methyl sites for hydroxylation is 1. The maximum atomic E-state index is 10.9. The first kappa shape index (κ1) is 41.7. The Morgan fingerprint density at radius 2 is 1.08 bits per heavy atom. The second-order valence-electron chi connectivity index (χ2n) is 13.0. The molecule has 0 atom stereocenters. The SMILES string of the molecule is O=C(O)CCc1cc(Br)c(OCc2cccc(NCC3CC3)c2Cl)c(Br)c1.O=C(O)Cc1cc(Br)c(OCc2cccc(NCC3CC3)c2Cl)c(Br)c1. The Labute approximate surface area is 352 Å². The monoisotopic (exact) mass is 1020 g/mol. The molecule has 0 amide bonds. The fraction of sp³-hybridized carbons (Fsp3) is 0.333. The number of halogens is 6. The summed E-state index contributed by atoms with van der Waals surface area (Å²) in [6, 6.07) is 19.1. The number of ether oxygens (including phenoxy) is 2. The molecule has 14 heteroatoms. The number of carboxylic acids is 2. The number of hydrogen-bond donors (Lipinski definition) is 4. The van der Waals surface area contributed by atoms with Crippen LogP contribution in [0.4, 0.5) is 11.4 Å². The van der Waals surface area contributed by atoms with Crippen molar-refractivity contribution >= 4 is 110 Å². The van der Waals surface area contributed by atoms with E-state index in [1.165, 1.54) is 25.7 Å². The Hall–Kier alpha value is -2.48. The minimum Gasteiger partial charge on any atom is -0.486 e. The summed E-state index contributed by atoms with van der Waals surface area (Å²) in [4.78, 5) is 21.6. The molecule has 0 radical (unpaired) electrons.